The van der Waals surface area contributed by atoms with Gasteiger partial charge in [0.05, 0.1) is 0 Å². The van der Waals surface area contributed by atoms with Crippen LogP contribution in [0, 0.1) is 0 Å². The Bertz CT molecular complexity index is 134. The summed E-state index contributed by atoms with van der Waals surface area (Å²) in [5.74, 6) is 0. The first-order chi connectivity index (χ1) is 4.52. The molecule has 0 atom stereocenters. The summed E-state index contributed by atoms with van der Waals surface area (Å²) in [6, 6.07) is 0. The van der Waals surface area contributed by atoms with Gasteiger partial charge in [-0.3, -0.25) is 0 Å². The molecule has 0 aromatic rings. The number of hydrogen-bond donors (Lipinski definition) is 1. The Kier molecular flexibility index (Phi) is 4.65. The summed E-state index contributed by atoms with van der Waals surface area (Å²) in [5, 5.41) is 6.87. The smallest absolute Gasteiger partial charge is 0.449 e. The van der Waals surface area contributed by atoms with Crippen molar-refractivity contribution >= 4 is 6.98 Å². The second-order valence-corrected chi connectivity index (χ2v) is 2.91. The van der Waals surface area contributed by atoms with Gasteiger partial charge >= 0.3 is 58.4 Å². The van der Waals surface area contributed by atoms with E-state index in [2.05, 4.69) is 0 Å². The van der Waals surface area contributed by atoms with E-state index in [0.717, 1.165) is 0 Å². The normalized spacial score (nSPS) is 20.7. The molecule has 0 aromatic carbocycles. The summed E-state index contributed by atoms with van der Waals surface area (Å²) in [6.45, 7) is -5.06. The number of aliphatic hydroxyl groups is 1. The van der Waals surface area contributed by atoms with Crippen molar-refractivity contribution in [2.75, 3.05) is 6.61 Å². The number of hydrogen-bond acceptors (Lipinski definition) is 1. The van der Waals surface area contributed by atoms with Gasteiger partial charge in [-0.15, -0.1) is 0 Å². The molecule has 60 valence electrons. The van der Waals surface area contributed by atoms with E-state index >= 15 is 0 Å². The predicted molar refractivity (Wildman–Crippen MR) is 32.7 cm³/mol. The van der Waals surface area contributed by atoms with Crippen molar-refractivity contribution in [2.24, 2.45) is 0 Å². The molecule has 1 nitrogen and oxygen atoms in total. The molecule has 0 unspecified atom stereocenters. The molecular formula is C5H9BF3KO. The molecule has 1 N–H and O–H groups in total. The molecule has 0 aromatic heterocycles. The van der Waals surface area contributed by atoms with Gasteiger partial charge in [0.1, 0.15) is 0 Å². The summed E-state index contributed by atoms with van der Waals surface area (Å²) in [6.07, 6.45) is 0.338. The maximum atomic E-state index is 12.0. The molecule has 0 saturated heterocycles. The van der Waals surface area contributed by atoms with E-state index in [1.165, 1.54) is 0 Å². The molecule has 1 fully saturated rings. The number of halogens is 3. The monoisotopic (exact) mass is 192 g/mol. The Morgan fingerprint density at radius 1 is 1.27 bits per heavy atom. The second-order valence-electron chi connectivity index (χ2n) is 2.91. The fourth-order valence-electron chi connectivity index (χ4n) is 1.12. The Balaban J connectivity index is 0.000001000. The largest absolute Gasteiger partial charge is 1.00 e. The van der Waals surface area contributed by atoms with Gasteiger partial charge in [-0.2, -0.15) is 0 Å². The third-order valence-corrected chi connectivity index (χ3v) is 2.20. The summed E-state index contributed by atoms with van der Waals surface area (Å²) in [7, 11) is 0. The van der Waals surface area contributed by atoms with Gasteiger partial charge in [-0.05, 0) is 6.42 Å². The third-order valence-electron chi connectivity index (χ3n) is 2.20. The van der Waals surface area contributed by atoms with E-state index in [4.69, 9.17) is 5.11 Å². The van der Waals surface area contributed by atoms with Gasteiger partial charge in [-0.1, -0.05) is 18.2 Å². The van der Waals surface area contributed by atoms with Crippen LogP contribution < -0.4 is 51.4 Å². The molecule has 0 bridgehead atoms. The molecule has 1 aliphatic rings. The van der Waals surface area contributed by atoms with Crippen LogP contribution >= 0.6 is 0 Å². The van der Waals surface area contributed by atoms with E-state index in [9.17, 15) is 12.9 Å². The minimum Gasteiger partial charge on any atom is -0.449 e. The molecule has 0 heterocycles. The fourth-order valence-corrected chi connectivity index (χ4v) is 1.12. The van der Waals surface area contributed by atoms with Crippen LogP contribution in [0.2, 0.25) is 5.31 Å². The van der Waals surface area contributed by atoms with Gasteiger partial charge in [0.2, 0.25) is 0 Å². The maximum absolute atomic E-state index is 12.0. The van der Waals surface area contributed by atoms with Gasteiger partial charge in [0, 0.05) is 6.61 Å². The molecule has 0 aliphatic heterocycles. The summed E-state index contributed by atoms with van der Waals surface area (Å²) >= 11 is 0. The molecule has 0 spiro atoms. The second kappa shape index (κ2) is 4.11. The number of aliphatic hydroxyl groups excluding tert-OH is 1. The van der Waals surface area contributed by atoms with Gasteiger partial charge in [0.25, 0.3) is 0 Å². The van der Waals surface area contributed by atoms with Crippen molar-refractivity contribution in [3.8, 4) is 0 Å². The first-order valence-corrected chi connectivity index (χ1v) is 3.32. The molecule has 0 radical (unpaired) electrons. The van der Waals surface area contributed by atoms with Crippen LogP contribution in [0.15, 0.2) is 0 Å². The zero-order chi connectivity index (χ0) is 7.83. The van der Waals surface area contributed by atoms with Crippen LogP contribution in [-0.2, 0) is 0 Å². The first-order valence-electron chi connectivity index (χ1n) is 3.32. The van der Waals surface area contributed by atoms with Crippen LogP contribution in [-0.4, -0.2) is 18.7 Å². The van der Waals surface area contributed by atoms with Crippen molar-refractivity contribution in [2.45, 2.75) is 24.6 Å². The van der Waals surface area contributed by atoms with Crippen LogP contribution in [0.5, 0.6) is 0 Å². The van der Waals surface area contributed by atoms with E-state index in [-0.39, 0.29) is 77.3 Å². The fraction of sp³-hybridized carbons (Fsp3) is 1.00. The number of rotatable bonds is 3. The topological polar surface area (TPSA) is 20.2 Å². The van der Waals surface area contributed by atoms with Gasteiger partial charge < -0.3 is 18.1 Å². The molecule has 0 amide bonds. The molecule has 1 rings (SSSR count). The SMILES string of the molecule is OCCC1([B-](F)(F)F)CC1.[K+]. The Morgan fingerprint density at radius 3 is 1.82 bits per heavy atom. The van der Waals surface area contributed by atoms with Crippen molar-refractivity contribution < 1.29 is 69.4 Å². The van der Waals surface area contributed by atoms with E-state index in [1.54, 1.807) is 0 Å². The minimum absolute atomic E-state index is 0. The molecular weight excluding hydrogens is 183 g/mol. The summed E-state index contributed by atoms with van der Waals surface area (Å²) in [4.78, 5) is 0. The Morgan fingerprint density at radius 2 is 1.73 bits per heavy atom. The van der Waals surface area contributed by atoms with Gasteiger partial charge in [-0.25, -0.2) is 0 Å². The zero-order valence-electron chi connectivity index (χ0n) is 6.49. The average molecular weight is 192 g/mol. The van der Waals surface area contributed by atoms with Crippen molar-refractivity contribution in [3.05, 3.63) is 0 Å². The quantitative estimate of drug-likeness (QED) is 0.554. The van der Waals surface area contributed by atoms with Crippen LogP contribution in [0.25, 0.3) is 0 Å². The average Bonchev–Trinajstić information content (AvgIpc) is 2.45. The van der Waals surface area contributed by atoms with E-state index in [0.29, 0.717) is 0 Å². The summed E-state index contributed by atoms with van der Waals surface area (Å²) in [5.41, 5.74) is 0. The Labute approximate surface area is 106 Å². The van der Waals surface area contributed by atoms with E-state index in [1.807, 2.05) is 0 Å². The van der Waals surface area contributed by atoms with Crippen LogP contribution in [0.1, 0.15) is 19.3 Å². The predicted octanol–water partition coefficient (Wildman–Crippen LogP) is -1.25. The molecule has 1 aliphatic carbocycles. The Hall–Kier alpha value is 1.45. The van der Waals surface area contributed by atoms with E-state index < -0.39 is 12.3 Å². The third kappa shape index (κ3) is 2.70. The standard InChI is InChI=1S/C5H9BF3O.K/c7-6(8,9)5(1-2-5)3-4-10;/h10H,1-4H2;/q-1;+1. The van der Waals surface area contributed by atoms with Gasteiger partial charge in [0.15, 0.2) is 0 Å². The van der Waals surface area contributed by atoms with Crippen LogP contribution in [0.4, 0.5) is 12.9 Å². The van der Waals surface area contributed by atoms with Crippen LogP contribution in [0.3, 0.4) is 0 Å². The minimum atomic E-state index is -4.71. The van der Waals surface area contributed by atoms with Crippen molar-refractivity contribution in [1.82, 2.24) is 0 Å². The van der Waals surface area contributed by atoms with Crippen molar-refractivity contribution in [1.29, 1.82) is 0 Å². The molecule has 11 heavy (non-hydrogen) atoms. The van der Waals surface area contributed by atoms with Crippen molar-refractivity contribution in [3.63, 3.8) is 0 Å². The molecule has 6 heteroatoms. The molecule has 1 saturated carbocycles. The summed E-state index contributed by atoms with van der Waals surface area (Å²) < 4.78 is 36.1. The first kappa shape index (κ1) is 12.5. The zero-order valence-corrected chi connectivity index (χ0v) is 9.61. The maximum Gasteiger partial charge on any atom is 1.00 e.